The Balaban J connectivity index is 1.86. The van der Waals surface area contributed by atoms with Crippen LogP contribution < -0.4 is 10.5 Å². The topological polar surface area (TPSA) is 51.4 Å². The highest BCUT2D eigenvalue weighted by Gasteiger charge is 2.15. The quantitative estimate of drug-likeness (QED) is 0.857. The second kappa shape index (κ2) is 5.98. The van der Waals surface area contributed by atoms with E-state index in [1.807, 2.05) is 19.2 Å². The van der Waals surface area contributed by atoms with E-state index in [0.29, 0.717) is 18.5 Å². The van der Waals surface area contributed by atoms with Gasteiger partial charge in [-0.1, -0.05) is 6.07 Å². The largest absolute Gasteiger partial charge is 0.478 e. The highest BCUT2D eigenvalue weighted by molar-refractivity contribution is 5.17. The molecule has 1 fully saturated rings. The molecule has 94 valence electrons. The Morgan fingerprint density at radius 1 is 1.41 bits per heavy atom. The van der Waals surface area contributed by atoms with Gasteiger partial charge in [0.25, 0.3) is 0 Å². The van der Waals surface area contributed by atoms with Crippen molar-refractivity contribution in [3.8, 4) is 5.88 Å². The first-order chi connectivity index (χ1) is 8.28. The van der Waals surface area contributed by atoms with Crippen LogP contribution in [0.2, 0.25) is 0 Å². The van der Waals surface area contributed by atoms with E-state index in [2.05, 4.69) is 16.0 Å². The van der Waals surface area contributed by atoms with Gasteiger partial charge in [0.15, 0.2) is 0 Å². The van der Waals surface area contributed by atoms with Crippen LogP contribution >= 0.6 is 0 Å². The highest BCUT2D eigenvalue weighted by atomic mass is 16.5. The lowest BCUT2D eigenvalue weighted by Gasteiger charge is -2.29. The lowest BCUT2D eigenvalue weighted by molar-refractivity contribution is 0.205. The standard InChI is InChI=1S/C13H21N3O/c1-2-17-13-4-3-11(9-15-13)10-16-7-5-12(14)6-8-16/h3-4,9,12H,2,5-8,10,14H2,1H3. The third-order valence-electron chi connectivity index (χ3n) is 3.13. The molecule has 2 N–H and O–H groups in total. The first kappa shape index (κ1) is 12.3. The van der Waals surface area contributed by atoms with Crippen LogP contribution in [0.5, 0.6) is 5.88 Å². The number of nitrogens with zero attached hydrogens (tertiary/aromatic N) is 2. The van der Waals surface area contributed by atoms with Crippen LogP contribution in [0.4, 0.5) is 0 Å². The molecule has 2 heterocycles. The number of pyridine rings is 1. The molecule has 4 nitrogen and oxygen atoms in total. The summed E-state index contributed by atoms with van der Waals surface area (Å²) in [6.07, 6.45) is 4.11. The first-order valence-corrected chi connectivity index (χ1v) is 6.33. The molecule has 1 aromatic heterocycles. The average Bonchev–Trinajstić information content (AvgIpc) is 2.35. The fraction of sp³-hybridized carbons (Fsp3) is 0.615. The Bertz CT molecular complexity index is 331. The first-order valence-electron chi connectivity index (χ1n) is 6.33. The molecule has 1 saturated heterocycles. The monoisotopic (exact) mass is 235 g/mol. The summed E-state index contributed by atoms with van der Waals surface area (Å²) >= 11 is 0. The van der Waals surface area contributed by atoms with Crippen molar-refractivity contribution >= 4 is 0 Å². The predicted octanol–water partition coefficient (Wildman–Crippen LogP) is 1.40. The summed E-state index contributed by atoms with van der Waals surface area (Å²) in [7, 11) is 0. The lowest BCUT2D eigenvalue weighted by atomic mass is 10.1. The molecule has 0 aliphatic carbocycles. The molecule has 0 unspecified atom stereocenters. The van der Waals surface area contributed by atoms with E-state index in [1.54, 1.807) is 0 Å². The molecule has 0 bridgehead atoms. The van der Waals surface area contributed by atoms with Crippen molar-refractivity contribution in [2.45, 2.75) is 32.4 Å². The van der Waals surface area contributed by atoms with Gasteiger partial charge in [0.05, 0.1) is 6.61 Å². The van der Waals surface area contributed by atoms with Crippen LogP contribution in [0.1, 0.15) is 25.3 Å². The van der Waals surface area contributed by atoms with Crippen molar-refractivity contribution < 1.29 is 4.74 Å². The zero-order valence-corrected chi connectivity index (χ0v) is 10.4. The third kappa shape index (κ3) is 3.68. The van der Waals surface area contributed by atoms with E-state index in [4.69, 9.17) is 10.5 Å². The van der Waals surface area contributed by atoms with E-state index in [1.165, 1.54) is 5.56 Å². The lowest BCUT2D eigenvalue weighted by Crippen LogP contribution is -2.39. The number of nitrogens with two attached hydrogens (primary N) is 1. The molecule has 1 aliphatic rings. The van der Waals surface area contributed by atoms with Crippen molar-refractivity contribution in [3.63, 3.8) is 0 Å². The molecule has 2 rings (SSSR count). The smallest absolute Gasteiger partial charge is 0.213 e. The van der Waals surface area contributed by atoms with Gasteiger partial charge >= 0.3 is 0 Å². The van der Waals surface area contributed by atoms with E-state index in [-0.39, 0.29) is 0 Å². The van der Waals surface area contributed by atoms with Gasteiger partial charge < -0.3 is 10.5 Å². The zero-order chi connectivity index (χ0) is 12.1. The van der Waals surface area contributed by atoms with E-state index < -0.39 is 0 Å². The van der Waals surface area contributed by atoms with Gasteiger partial charge in [0, 0.05) is 24.8 Å². The second-order valence-corrected chi connectivity index (χ2v) is 4.55. The van der Waals surface area contributed by atoms with Gasteiger partial charge in [-0.15, -0.1) is 0 Å². The minimum absolute atomic E-state index is 0.393. The number of hydrogen-bond donors (Lipinski definition) is 1. The minimum Gasteiger partial charge on any atom is -0.478 e. The van der Waals surface area contributed by atoms with E-state index >= 15 is 0 Å². The van der Waals surface area contributed by atoms with Crippen molar-refractivity contribution in [2.24, 2.45) is 5.73 Å². The van der Waals surface area contributed by atoms with Gasteiger partial charge in [-0.3, -0.25) is 4.90 Å². The Morgan fingerprint density at radius 3 is 2.76 bits per heavy atom. The molecule has 0 atom stereocenters. The van der Waals surface area contributed by atoms with Crippen LogP contribution in [0.3, 0.4) is 0 Å². The number of piperidine rings is 1. The Kier molecular flexibility index (Phi) is 4.34. The molecule has 17 heavy (non-hydrogen) atoms. The van der Waals surface area contributed by atoms with Gasteiger partial charge in [-0.25, -0.2) is 4.98 Å². The summed E-state index contributed by atoms with van der Waals surface area (Å²) in [4.78, 5) is 6.71. The van der Waals surface area contributed by atoms with Crippen LogP contribution in [-0.4, -0.2) is 35.6 Å². The molecule has 0 aromatic carbocycles. The number of likely N-dealkylation sites (tertiary alicyclic amines) is 1. The summed E-state index contributed by atoms with van der Waals surface area (Å²) in [5.41, 5.74) is 7.13. The highest BCUT2D eigenvalue weighted by Crippen LogP contribution is 2.13. The van der Waals surface area contributed by atoms with Crippen molar-refractivity contribution in [2.75, 3.05) is 19.7 Å². The van der Waals surface area contributed by atoms with E-state index in [0.717, 1.165) is 32.5 Å². The van der Waals surface area contributed by atoms with Crippen molar-refractivity contribution in [1.82, 2.24) is 9.88 Å². The van der Waals surface area contributed by atoms with Gasteiger partial charge in [0.1, 0.15) is 0 Å². The average molecular weight is 235 g/mol. The molecular weight excluding hydrogens is 214 g/mol. The number of hydrogen-bond acceptors (Lipinski definition) is 4. The minimum atomic E-state index is 0.393. The molecule has 0 saturated carbocycles. The molecule has 4 heteroatoms. The summed E-state index contributed by atoms with van der Waals surface area (Å²) in [6.45, 7) is 5.78. The Morgan fingerprint density at radius 2 is 2.18 bits per heavy atom. The molecule has 0 spiro atoms. The Hall–Kier alpha value is -1.13. The second-order valence-electron chi connectivity index (χ2n) is 4.55. The SMILES string of the molecule is CCOc1ccc(CN2CCC(N)CC2)cn1. The van der Waals surface area contributed by atoms with Crippen molar-refractivity contribution in [3.05, 3.63) is 23.9 Å². The zero-order valence-electron chi connectivity index (χ0n) is 10.4. The van der Waals surface area contributed by atoms with Crippen LogP contribution in [0.15, 0.2) is 18.3 Å². The van der Waals surface area contributed by atoms with Crippen molar-refractivity contribution in [1.29, 1.82) is 0 Å². The van der Waals surface area contributed by atoms with Crippen LogP contribution in [0, 0.1) is 0 Å². The Labute approximate surface area is 103 Å². The molecule has 1 aliphatic heterocycles. The number of aromatic nitrogens is 1. The molecular formula is C13H21N3O. The maximum absolute atomic E-state index is 5.89. The normalized spacial score (nSPS) is 18.2. The summed E-state index contributed by atoms with van der Waals surface area (Å²) < 4.78 is 5.32. The summed E-state index contributed by atoms with van der Waals surface area (Å²) in [5.74, 6) is 0.705. The number of ether oxygens (including phenoxy) is 1. The van der Waals surface area contributed by atoms with Crippen LogP contribution in [0.25, 0.3) is 0 Å². The van der Waals surface area contributed by atoms with Gasteiger partial charge in [0.2, 0.25) is 5.88 Å². The molecule has 0 radical (unpaired) electrons. The third-order valence-corrected chi connectivity index (χ3v) is 3.13. The van der Waals surface area contributed by atoms with Gasteiger partial charge in [-0.05, 0) is 38.4 Å². The van der Waals surface area contributed by atoms with Crippen LogP contribution in [-0.2, 0) is 6.54 Å². The maximum Gasteiger partial charge on any atom is 0.213 e. The number of rotatable bonds is 4. The van der Waals surface area contributed by atoms with Gasteiger partial charge in [-0.2, -0.15) is 0 Å². The maximum atomic E-state index is 5.89. The van der Waals surface area contributed by atoms with E-state index in [9.17, 15) is 0 Å². The fourth-order valence-corrected chi connectivity index (χ4v) is 2.11. The fourth-order valence-electron chi connectivity index (χ4n) is 2.11. The summed E-state index contributed by atoms with van der Waals surface area (Å²) in [5, 5.41) is 0. The summed E-state index contributed by atoms with van der Waals surface area (Å²) in [6, 6.07) is 4.42. The molecule has 1 aromatic rings. The predicted molar refractivity (Wildman–Crippen MR) is 67.9 cm³/mol. The molecule has 0 amide bonds.